The molecule has 3 aromatic rings. The molecule has 0 aliphatic carbocycles. The first-order valence-electron chi connectivity index (χ1n) is 9.03. The molecule has 0 spiro atoms. The zero-order valence-corrected chi connectivity index (χ0v) is 16.8. The number of anilines is 2. The van der Waals surface area contributed by atoms with Crippen LogP contribution in [-0.2, 0) is 9.59 Å². The van der Waals surface area contributed by atoms with Crippen LogP contribution >= 0.6 is 11.3 Å². The van der Waals surface area contributed by atoms with E-state index >= 15 is 0 Å². The van der Waals surface area contributed by atoms with Crippen LogP contribution in [-0.4, -0.2) is 11.8 Å². The van der Waals surface area contributed by atoms with Gasteiger partial charge in [-0.05, 0) is 67.1 Å². The first-order valence-corrected chi connectivity index (χ1v) is 9.91. The summed E-state index contributed by atoms with van der Waals surface area (Å²) in [6.45, 7) is 5.91. The molecular weight excluding hydrogens is 368 g/mol. The van der Waals surface area contributed by atoms with Gasteiger partial charge in [-0.25, -0.2) is 4.90 Å². The van der Waals surface area contributed by atoms with Gasteiger partial charge in [0.15, 0.2) is 0 Å². The molecule has 0 fully saturated rings. The number of carbonyl (C=O) groups excluding carboxylic acids is 2. The van der Waals surface area contributed by atoms with Crippen LogP contribution in [0.4, 0.5) is 11.4 Å². The third-order valence-electron chi connectivity index (χ3n) is 4.70. The summed E-state index contributed by atoms with van der Waals surface area (Å²) >= 11 is 1.45. The second kappa shape index (κ2) is 7.09. The summed E-state index contributed by atoms with van der Waals surface area (Å²) in [5.74, 6) is -0.629. The molecule has 1 aliphatic heterocycles. The Morgan fingerprint density at radius 1 is 0.857 bits per heavy atom. The van der Waals surface area contributed by atoms with Gasteiger partial charge in [0, 0.05) is 10.6 Å². The number of amides is 2. The van der Waals surface area contributed by atoms with Crippen molar-refractivity contribution in [3.8, 4) is 0 Å². The molecule has 2 aromatic carbocycles. The zero-order valence-electron chi connectivity index (χ0n) is 15.9. The number of imide groups is 1. The van der Waals surface area contributed by atoms with Crippen molar-refractivity contribution >= 4 is 40.1 Å². The van der Waals surface area contributed by atoms with Crippen molar-refractivity contribution < 1.29 is 9.59 Å². The molecule has 140 valence electrons. The smallest absolute Gasteiger partial charge is 0.282 e. The maximum atomic E-state index is 13.3. The average Bonchev–Trinajstić information content (AvgIpc) is 3.23. The van der Waals surface area contributed by atoms with Gasteiger partial charge >= 0.3 is 0 Å². The van der Waals surface area contributed by atoms with Crippen LogP contribution in [0.2, 0.25) is 0 Å². The molecule has 1 aliphatic rings. The predicted octanol–water partition coefficient (Wildman–Crippen LogP) is 5.07. The second-order valence-electron chi connectivity index (χ2n) is 6.96. The molecule has 0 atom stereocenters. The number of carbonyl (C=O) groups is 2. The third kappa shape index (κ3) is 3.14. The minimum atomic E-state index is -0.332. The van der Waals surface area contributed by atoms with Crippen LogP contribution in [0.1, 0.15) is 21.6 Å². The van der Waals surface area contributed by atoms with Gasteiger partial charge in [-0.1, -0.05) is 30.3 Å². The number of benzene rings is 2. The van der Waals surface area contributed by atoms with Crippen LogP contribution in [0.15, 0.2) is 65.7 Å². The Balaban J connectivity index is 1.83. The summed E-state index contributed by atoms with van der Waals surface area (Å²) < 4.78 is 0. The van der Waals surface area contributed by atoms with Gasteiger partial charge in [0.25, 0.3) is 11.8 Å². The van der Waals surface area contributed by atoms with Crippen molar-refractivity contribution in [2.75, 3.05) is 10.2 Å². The van der Waals surface area contributed by atoms with E-state index in [0.717, 1.165) is 27.3 Å². The molecule has 0 bridgehead atoms. The molecule has 2 heterocycles. The molecular formula is C23H20N2O2S. The minimum Gasteiger partial charge on any atom is -0.350 e. The quantitative estimate of drug-likeness (QED) is 0.635. The summed E-state index contributed by atoms with van der Waals surface area (Å²) in [5.41, 5.74) is 5.21. The fraction of sp³-hybridized carbons (Fsp3) is 0.130. The predicted molar refractivity (Wildman–Crippen MR) is 114 cm³/mol. The molecule has 4 nitrogen and oxygen atoms in total. The van der Waals surface area contributed by atoms with E-state index in [1.807, 2.05) is 68.6 Å². The number of aryl methyl sites for hydroxylation is 3. The zero-order chi connectivity index (χ0) is 19.8. The molecule has 0 unspecified atom stereocenters. The van der Waals surface area contributed by atoms with Gasteiger partial charge in [0.1, 0.15) is 5.70 Å². The standard InChI is InChI=1S/C23H20N2O2S/c1-14-11-15(2)13-17(12-14)24-21-20(19-9-6-10-28-19)22(26)25(23(21)27)18-8-5-4-7-16(18)3/h4-13,24H,1-3H3. The largest absolute Gasteiger partial charge is 0.350 e. The summed E-state index contributed by atoms with van der Waals surface area (Å²) in [6.07, 6.45) is 0. The maximum absolute atomic E-state index is 13.3. The number of rotatable bonds is 4. The van der Waals surface area contributed by atoms with Crippen molar-refractivity contribution in [3.63, 3.8) is 0 Å². The summed E-state index contributed by atoms with van der Waals surface area (Å²) in [4.78, 5) is 28.7. The first kappa shape index (κ1) is 18.2. The third-order valence-corrected chi connectivity index (χ3v) is 5.59. The van der Waals surface area contributed by atoms with E-state index in [-0.39, 0.29) is 11.8 Å². The molecule has 1 N–H and O–H groups in total. The van der Waals surface area contributed by atoms with E-state index < -0.39 is 0 Å². The maximum Gasteiger partial charge on any atom is 0.282 e. The number of nitrogens with zero attached hydrogens (tertiary/aromatic N) is 1. The topological polar surface area (TPSA) is 49.4 Å². The van der Waals surface area contributed by atoms with Gasteiger partial charge < -0.3 is 5.32 Å². The van der Waals surface area contributed by atoms with Crippen molar-refractivity contribution in [1.29, 1.82) is 0 Å². The molecule has 0 saturated heterocycles. The van der Waals surface area contributed by atoms with Gasteiger partial charge in [0.2, 0.25) is 0 Å². The average molecular weight is 388 g/mol. The monoisotopic (exact) mass is 388 g/mol. The van der Waals surface area contributed by atoms with Gasteiger partial charge in [0.05, 0.1) is 11.3 Å². The highest BCUT2D eigenvalue weighted by atomic mass is 32.1. The Kier molecular flexibility index (Phi) is 4.61. The van der Waals surface area contributed by atoms with E-state index in [2.05, 4.69) is 11.4 Å². The highest BCUT2D eigenvalue weighted by Gasteiger charge is 2.41. The van der Waals surface area contributed by atoms with Gasteiger partial charge in [-0.2, -0.15) is 0 Å². The van der Waals surface area contributed by atoms with Crippen LogP contribution < -0.4 is 10.2 Å². The van der Waals surface area contributed by atoms with E-state index in [9.17, 15) is 9.59 Å². The Bertz CT molecular complexity index is 1090. The van der Waals surface area contributed by atoms with E-state index in [1.165, 1.54) is 16.2 Å². The lowest BCUT2D eigenvalue weighted by molar-refractivity contribution is -0.120. The lowest BCUT2D eigenvalue weighted by Gasteiger charge is -2.17. The Morgan fingerprint density at radius 2 is 1.57 bits per heavy atom. The number of hydrogen-bond donors (Lipinski definition) is 1. The number of para-hydroxylation sites is 1. The lowest BCUT2D eigenvalue weighted by atomic mass is 10.1. The first-order chi connectivity index (χ1) is 13.5. The van der Waals surface area contributed by atoms with Crippen LogP contribution in [0, 0.1) is 20.8 Å². The fourth-order valence-corrected chi connectivity index (χ4v) is 4.29. The molecule has 28 heavy (non-hydrogen) atoms. The van der Waals surface area contributed by atoms with Crippen molar-refractivity contribution in [2.24, 2.45) is 0 Å². The molecule has 0 radical (unpaired) electrons. The number of nitrogens with one attached hydrogen (secondary N) is 1. The number of thiophene rings is 1. The van der Waals surface area contributed by atoms with E-state index in [4.69, 9.17) is 0 Å². The molecule has 1 aromatic heterocycles. The molecule has 2 amide bonds. The fourth-order valence-electron chi connectivity index (χ4n) is 3.52. The van der Waals surface area contributed by atoms with Crippen LogP contribution in [0.5, 0.6) is 0 Å². The van der Waals surface area contributed by atoms with Gasteiger partial charge in [-0.3, -0.25) is 9.59 Å². The van der Waals surface area contributed by atoms with Crippen LogP contribution in [0.3, 0.4) is 0 Å². The summed E-state index contributed by atoms with van der Waals surface area (Å²) in [7, 11) is 0. The lowest BCUT2D eigenvalue weighted by Crippen LogP contribution is -2.32. The number of hydrogen-bond acceptors (Lipinski definition) is 4. The Hall–Kier alpha value is -3.18. The Labute approximate surface area is 168 Å². The van der Waals surface area contributed by atoms with Crippen LogP contribution in [0.25, 0.3) is 5.57 Å². The van der Waals surface area contributed by atoms with Crippen molar-refractivity contribution in [2.45, 2.75) is 20.8 Å². The molecule has 0 saturated carbocycles. The minimum absolute atomic E-state index is 0.298. The second-order valence-corrected chi connectivity index (χ2v) is 7.91. The molecule has 5 heteroatoms. The van der Waals surface area contributed by atoms with Gasteiger partial charge in [-0.15, -0.1) is 11.3 Å². The van der Waals surface area contributed by atoms with E-state index in [0.29, 0.717) is 17.0 Å². The van der Waals surface area contributed by atoms with Crippen molar-refractivity contribution in [1.82, 2.24) is 0 Å². The summed E-state index contributed by atoms with van der Waals surface area (Å²) in [6, 6.07) is 17.2. The highest BCUT2D eigenvalue weighted by Crippen LogP contribution is 2.36. The highest BCUT2D eigenvalue weighted by molar-refractivity contribution is 7.11. The Morgan fingerprint density at radius 3 is 2.21 bits per heavy atom. The summed E-state index contributed by atoms with van der Waals surface area (Å²) in [5, 5.41) is 5.14. The molecule has 4 rings (SSSR count). The normalized spacial score (nSPS) is 14.2. The SMILES string of the molecule is Cc1cc(C)cc(NC2=C(c3cccs3)C(=O)N(c3ccccc3C)C2=O)c1. The van der Waals surface area contributed by atoms with Crippen molar-refractivity contribution in [3.05, 3.63) is 87.2 Å². The van der Waals surface area contributed by atoms with E-state index in [1.54, 1.807) is 6.07 Å².